The van der Waals surface area contributed by atoms with Gasteiger partial charge in [0.05, 0.1) is 12.4 Å². The molecule has 1 aliphatic heterocycles. The first-order valence-electron chi connectivity index (χ1n) is 6.51. The highest BCUT2D eigenvalue weighted by Gasteiger charge is 2.24. The minimum Gasteiger partial charge on any atom is -0.370 e. The van der Waals surface area contributed by atoms with Crippen LogP contribution in [-0.2, 0) is 10.0 Å². The highest BCUT2D eigenvalue weighted by atomic mass is 32.2. The maximum atomic E-state index is 13.1. The molecule has 1 aliphatic rings. The summed E-state index contributed by atoms with van der Waals surface area (Å²) in [6, 6.07) is 7.03. The van der Waals surface area contributed by atoms with Crippen LogP contribution in [0, 0.1) is 11.6 Å². The molecule has 0 fully saturated rings. The number of rotatable bonds is 2. The van der Waals surface area contributed by atoms with Gasteiger partial charge in [0.2, 0.25) is 10.0 Å². The van der Waals surface area contributed by atoms with Gasteiger partial charge in [0, 0.05) is 17.3 Å². The van der Waals surface area contributed by atoms with Gasteiger partial charge in [-0.1, -0.05) is 0 Å². The summed E-state index contributed by atoms with van der Waals surface area (Å²) in [6.07, 6.45) is 0. The molecule has 3 rings (SSSR count). The molecule has 0 unspecified atom stereocenters. The van der Waals surface area contributed by atoms with E-state index in [2.05, 4.69) is 15.4 Å². The summed E-state index contributed by atoms with van der Waals surface area (Å²) < 4.78 is 52.1. The molecule has 6 nitrogen and oxygen atoms in total. The summed E-state index contributed by atoms with van der Waals surface area (Å²) in [4.78, 5) is 12.1. The minimum absolute atomic E-state index is 0.0540. The maximum absolute atomic E-state index is 13.1. The summed E-state index contributed by atoms with van der Waals surface area (Å²) in [5.74, 6) is -2.76. The lowest BCUT2D eigenvalue weighted by Crippen LogP contribution is -2.34. The number of benzene rings is 2. The molecular weight excluding hydrogens is 328 g/mol. The normalized spacial score (nSPS) is 15.4. The number of sulfonamides is 1. The second kappa shape index (κ2) is 5.60. The molecule has 0 radical (unpaired) electrons. The van der Waals surface area contributed by atoms with Crippen molar-refractivity contribution < 1.29 is 22.0 Å². The van der Waals surface area contributed by atoms with Crippen LogP contribution in [-0.4, -0.2) is 21.0 Å². The molecule has 1 amide bonds. The maximum Gasteiger partial charge on any atom is 0.255 e. The quantitative estimate of drug-likeness (QED) is 0.780. The van der Waals surface area contributed by atoms with Crippen molar-refractivity contribution in [2.24, 2.45) is 0 Å². The smallest absolute Gasteiger partial charge is 0.255 e. The number of carbonyl (C=O) groups excluding carboxylic acids is 1. The molecule has 2 aromatic rings. The van der Waals surface area contributed by atoms with Crippen LogP contribution >= 0.6 is 0 Å². The van der Waals surface area contributed by atoms with Gasteiger partial charge in [-0.25, -0.2) is 17.2 Å². The molecule has 23 heavy (non-hydrogen) atoms. The zero-order chi connectivity index (χ0) is 16.6. The molecule has 9 heteroatoms. The van der Waals surface area contributed by atoms with E-state index in [4.69, 9.17) is 0 Å². The van der Waals surface area contributed by atoms with E-state index in [1.54, 1.807) is 0 Å². The van der Waals surface area contributed by atoms with E-state index in [0.29, 0.717) is 5.69 Å². The van der Waals surface area contributed by atoms with Crippen molar-refractivity contribution in [3.8, 4) is 0 Å². The lowest BCUT2D eigenvalue weighted by molar-refractivity contribution is 0.102. The Kier molecular flexibility index (Phi) is 3.74. The van der Waals surface area contributed by atoms with Gasteiger partial charge in [-0.2, -0.15) is 4.72 Å². The van der Waals surface area contributed by atoms with Crippen LogP contribution in [0.2, 0.25) is 0 Å². The number of nitrogens with one attached hydrogen (secondary N) is 3. The van der Waals surface area contributed by atoms with Crippen LogP contribution in [0.25, 0.3) is 0 Å². The standard InChI is InChI=1S/C14H11F2N3O3S/c15-10-3-2-9(6-11(10)16)19-14(20)8-1-4-12-13(5-8)23(21,22)18-7-17-12/h1-6,17-18H,7H2,(H,19,20). The third-order valence-electron chi connectivity index (χ3n) is 3.25. The zero-order valence-corrected chi connectivity index (χ0v) is 12.4. The molecule has 1 heterocycles. The van der Waals surface area contributed by atoms with Crippen LogP contribution in [0.3, 0.4) is 0 Å². The Morgan fingerprint density at radius 2 is 1.87 bits per heavy atom. The van der Waals surface area contributed by atoms with E-state index >= 15 is 0 Å². The van der Waals surface area contributed by atoms with Gasteiger partial charge in [0.15, 0.2) is 11.6 Å². The molecule has 0 saturated carbocycles. The van der Waals surface area contributed by atoms with E-state index in [9.17, 15) is 22.0 Å². The average Bonchev–Trinajstić information content (AvgIpc) is 2.50. The second-order valence-electron chi connectivity index (χ2n) is 4.80. The van der Waals surface area contributed by atoms with Crippen molar-refractivity contribution in [2.75, 3.05) is 17.3 Å². The number of hydrogen-bond donors (Lipinski definition) is 3. The van der Waals surface area contributed by atoms with Gasteiger partial charge in [-0.15, -0.1) is 0 Å². The summed E-state index contributed by atoms with van der Waals surface area (Å²) in [6.45, 7) is 0.0652. The number of amides is 1. The van der Waals surface area contributed by atoms with E-state index in [1.165, 1.54) is 24.3 Å². The van der Waals surface area contributed by atoms with Crippen molar-refractivity contribution in [3.05, 3.63) is 53.6 Å². The molecule has 0 aliphatic carbocycles. The van der Waals surface area contributed by atoms with Gasteiger partial charge in [-0.3, -0.25) is 4.79 Å². The first kappa shape index (κ1) is 15.4. The molecule has 3 N–H and O–H groups in total. The van der Waals surface area contributed by atoms with Gasteiger partial charge < -0.3 is 10.6 Å². The Morgan fingerprint density at radius 3 is 2.61 bits per heavy atom. The largest absolute Gasteiger partial charge is 0.370 e. The highest BCUT2D eigenvalue weighted by Crippen LogP contribution is 2.25. The van der Waals surface area contributed by atoms with Crippen LogP contribution in [0.1, 0.15) is 10.4 Å². The number of hydrogen-bond acceptors (Lipinski definition) is 4. The van der Waals surface area contributed by atoms with E-state index in [1.807, 2.05) is 0 Å². The Morgan fingerprint density at radius 1 is 1.09 bits per heavy atom. The summed E-state index contributed by atoms with van der Waals surface area (Å²) in [7, 11) is -3.69. The third-order valence-corrected chi connectivity index (χ3v) is 4.69. The molecular formula is C14H11F2N3O3S. The Balaban J connectivity index is 1.90. The van der Waals surface area contributed by atoms with E-state index in [0.717, 1.165) is 12.1 Å². The first-order chi connectivity index (χ1) is 10.9. The Labute approximate surface area is 130 Å². The summed E-state index contributed by atoms with van der Waals surface area (Å²) in [5, 5.41) is 5.21. The SMILES string of the molecule is O=C(Nc1ccc(F)c(F)c1)c1ccc2c(c1)S(=O)(=O)NCN2. The third kappa shape index (κ3) is 3.01. The van der Waals surface area contributed by atoms with Crippen molar-refractivity contribution in [1.82, 2.24) is 4.72 Å². The van der Waals surface area contributed by atoms with E-state index < -0.39 is 27.6 Å². The van der Waals surface area contributed by atoms with Crippen molar-refractivity contribution in [2.45, 2.75) is 4.90 Å². The van der Waals surface area contributed by atoms with Crippen LogP contribution in [0.15, 0.2) is 41.3 Å². The fraction of sp³-hybridized carbons (Fsp3) is 0.0714. The molecule has 0 saturated heterocycles. The van der Waals surface area contributed by atoms with Gasteiger partial charge in [0.1, 0.15) is 4.90 Å². The molecule has 0 atom stereocenters. The minimum atomic E-state index is -3.69. The molecule has 0 spiro atoms. The number of fused-ring (bicyclic) bond motifs is 1. The topological polar surface area (TPSA) is 87.3 Å². The van der Waals surface area contributed by atoms with Gasteiger partial charge in [-0.05, 0) is 30.3 Å². The molecule has 120 valence electrons. The van der Waals surface area contributed by atoms with E-state index in [-0.39, 0.29) is 22.8 Å². The van der Waals surface area contributed by atoms with Crippen molar-refractivity contribution in [3.63, 3.8) is 0 Å². The van der Waals surface area contributed by atoms with Crippen molar-refractivity contribution >= 4 is 27.3 Å². The lowest BCUT2D eigenvalue weighted by Gasteiger charge is -2.19. The second-order valence-corrected chi connectivity index (χ2v) is 6.53. The average molecular weight is 339 g/mol. The number of halogens is 2. The van der Waals surface area contributed by atoms with Crippen LogP contribution in [0.4, 0.5) is 20.2 Å². The van der Waals surface area contributed by atoms with Crippen molar-refractivity contribution in [1.29, 1.82) is 0 Å². The molecule has 0 aromatic heterocycles. The predicted molar refractivity (Wildman–Crippen MR) is 79.6 cm³/mol. The van der Waals surface area contributed by atoms with Gasteiger partial charge in [0.25, 0.3) is 5.91 Å². The Bertz CT molecular complexity index is 900. The van der Waals surface area contributed by atoms with Gasteiger partial charge >= 0.3 is 0 Å². The van der Waals surface area contributed by atoms with Crippen LogP contribution < -0.4 is 15.4 Å². The summed E-state index contributed by atoms with van der Waals surface area (Å²) >= 11 is 0. The number of anilines is 2. The predicted octanol–water partition coefficient (Wildman–Crippen LogP) is 1.88. The monoisotopic (exact) mass is 339 g/mol. The lowest BCUT2D eigenvalue weighted by atomic mass is 10.2. The Hall–Kier alpha value is -2.52. The summed E-state index contributed by atoms with van der Waals surface area (Å²) in [5.41, 5.74) is 0.515. The first-order valence-corrected chi connectivity index (χ1v) is 7.99. The van der Waals surface area contributed by atoms with Crippen LogP contribution in [0.5, 0.6) is 0 Å². The molecule has 0 bridgehead atoms. The highest BCUT2D eigenvalue weighted by molar-refractivity contribution is 7.89. The molecule has 2 aromatic carbocycles. The number of carbonyl (C=O) groups is 1. The zero-order valence-electron chi connectivity index (χ0n) is 11.6. The fourth-order valence-corrected chi connectivity index (χ4v) is 3.24. The fourth-order valence-electron chi connectivity index (χ4n) is 2.11.